The Morgan fingerprint density at radius 2 is 1.06 bits per heavy atom. The van der Waals surface area contributed by atoms with Gasteiger partial charge in [0.25, 0.3) is 0 Å². The predicted octanol–water partition coefficient (Wildman–Crippen LogP) is 16.8. The zero-order valence-electron chi connectivity index (χ0n) is 41.8. The minimum atomic E-state index is -0.434. The molecule has 0 amide bonds. The topological polar surface area (TPSA) is 33.5 Å². The van der Waals surface area contributed by atoms with Gasteiger partial charge in [-0.2, -0.15) is 0 Å². The fraction of sp³-hybridized carbons (Fsp3) is 0.152. The van der Waals surface area contributed by atoms with Crippen molar-refractivity contribution < 1.29 is 25.8 Å². The number of aromatic nitrogens is 2. The number of anilines is 2. The van der Waals surface area contributed by atoms with Gasteiger partial charge in [-0.25, -0.2) is 4.98 Å². The maximum atomic E-state index is 7.15. The Bertz CT molecular complexity index is 3580. The second kappa shape index (κ2) is 19.3. The summed E-state index contributed by atoms with van der Waals surface area (Å²) in [5.41, 5.74) is 13.6. The molecule has 1 aliphatic heterocycles. The molecular weight excluding hydrogens is 1060 g/mol. The molecule has 0 saturated heterocycles. The molecule has 72 heavy (non-hydrogen) atoms. The van der Waals surface area contributed by atoms with Gasteiger partial charge in [0.05, 0.1) is 0 Å². The van der Waals surface area contributed by atoms with Crippen LogP contribution in [-0.4, -0.2) is 9.55 Å². The van der Waals surface area contributed by atoms with Crippen LogP contribution < -0.4 is 14.5 Å². The van der Waals surface area contributed by atoms with Crippen LogP contribution in [0.15, 0.2) is 213 Å². The molecular formula is C66H57N4OPt-3. The van der Waals surface area contributed by atoms with Crippen molar-refractivity contribution in [2.24, 2.45) is 0 Å². The maximum Gasteiger partial charge on any atom is 0.135 e. The van der Waals surface area contributed by atoms with Gasteiger partial charge in [-0.3, -0.25) is 0 Å². The molecule has 0 spiro atoms. The van der Waals surface area contributed by atoms with Crippen molar-refractivity contribution in [3.63, 3.8) is 0 Å². The monoisotopic (exact) mass is 1120 g/mol. The van der Waals surface area contributed by atoms with Gasteiger partial charge in [-0.15, -0.1) is 53.8 Å². The number of para-hydroxylation sites is 1. The Morgan fingerprint density at radius 3 is 1.71 bits per heavy atom. The zero-order valence-corrected chi connectivity index (χ0v) is 44.1. The van der Waals surface area contributed by atoms with E-state index in [-0.39, 0.29) is 31.9 Å². The van der Waals surface area contributed by atoms with E-state index in [9.17, 15) is 0 Å². The number of pyridine rings is 1. The van der Waals surface area contributed by atoms with Gasteiger partial charge in [0.1, 0.15) is 5.82 Å². The van der Waals surface area contributed by atoms with E-state index in [4.69, 9.17) is 9.72 Å². The molecule has 8 aromatic carbocycles. The third kappa shape index (κ3) is 9.19. The summed E-state index contributed by atoms with van der Waals surface area (Å²) in [5.74, 6) is 1.98. The summed E-state index contributed by atoms with van der Waals surface area (Å²) in [7, 11) is 0. The number of benzene rings is 8. The molecule has 5 nitrogen and oxygen atoms in total. The van der Waals surface area contributed by atoms with Crippen molar-refractivity contribution >= 4 is 33.2 Å². The number of nitrogens with zero attached hydrogens (tertiary/aromatic N) is 4. The molecule has 0 atom stereocenters. The van der Waals surface area contributed by atoms with E-state index < -0.39 is 5.41 Å². The summed E-state index contributed by atoms with van der Waals surface area (Å²) in [6, 6.07) is 76.4. The van der Waals surface area contributed by atoms with E-state index in [1.54, 1.807) is 0 Å². The van der Waals surface area contributed by atoms with Crippen molar-refractivity contribution in [2.45, 2.75) is 64.7 Å². The standard InChI is InChI=1S/C66H57N4O.Pt/c1-64(2,3)53-36-48(46-22-12-8-13-23-46)37-54(40-53)68-34-35-69(45-68)55-38-49(47-24-14-9-15-25-47)39-56(42-55)71-57-43-59(66(6,7)51-28-18-11-19-29-51)63-58-30-20-21-31-60(58)70(61(63)44-57)62-41-52(32-33-67-62)65(4,5)50-26-16-10-17-27-50;/h8-41,43,45H,1-7H3;/q-3;. The second-order valence-corrected chi connectivity index (χ2v) is 20.7. The van der Waals surface area contributed by atoms with Gasteiger partial charge in [0, 0.05) is 55.4 Å². The molecule has 6 heteroatoms. The van der Waals surface area contributed by atoms with Gasteiger partial charge < -0.3 is 19.1 Å². The molecule has 0 fully saturated rings. The molecule has 0 radical (unpaired) electrons. The fourth-order valence-electron chi connectivity index (χ4n) is 10.0. The first-order valence-electron chi connectivity index (χ1n) is 24.5. The van der Waals surface area contributed by atoms with E-state index >= 15 is 0 Å². The van der Waals surface area contributed by atoms with Crippen molar-refractivity contribution in [1.82, 2.24) is 9.55 Å². The molecule has 0 N–H and O–H groups in total. The zero-order chi connectivity index (χ0) is 48.9. The van der Waals surface area contributed by atoms with E-state index in [1.165, 1.54) is 33.4 Å². The summed E-state index contributed by atoms with van der Waals surface area (Å²) >= 11 is 0. The average Bonchev–Trinajstić information content (AvgIpc) is 4.03. The number of fused-ring (bicyclic) bond motifs is 3. The Kier molecular flexibility index (Phi) is 12.9. The van der Waals surface area contributed by atoms with E-state index in [2.05, 4.69) is 282 Å². The molecule has 0 bridgehead atoms. The Labute approximate surface area is 439 Å². The van der Waals surface area contributed by atoms with Crippen LogP contribution in [0, 0.1) is 18.8 Å². The largest absolute Gasteiger partial charge is 0.509 e. The van der Waals surface area contributed by atoms with Crippen LogP contribution in [-0.2, 0) is 37.3 Å². The van der Waals surface area contributed by atoms with Crippen LogP contribution in [0.1, 0.15) is 76.3 Å². The molecule has 0 unspecified atom stereocenters. The van der Waals surface area contributed by atoms with Crippen LogP contribution in [0.3, 0.4) is 0 Å². The first kappa shape index (κ1) is 48.2. The van der Waals surface area contributed by atoms with Crippen molar-refractivity contribution in [1.29, 1.82) is 0 Å². The van der Waals surface area contributed by atoms with Crippen LogP contribution in [0.4, 0.5) is 11.4 Å². The number of ether oxygens (including phenoxy) is 1. The predicted molar refractivity (Wildman–Crippen MR) is 294 cm³/mol. The number of hydrogen-bond acceptors (Lipinski definition) is 4. The average molecular weight is 1120 g/mol. The van der Waals surface area contributed by atoms with Gasteiger partial charge in [0.15, 0.2) is 0 Å². The molecule has 3 heterocycles. The van der Waals surface area contributed by atoms with Gasteiger partial charge in [0.2, 0.25) is 0 Å². The third-order valence-corrected chi connectivity index (χ3v) is 14.3. The quantitative estimate of drug-likeness (QED) is 0.121. The molecule has 360 valence electrons. The molecule has 2 aromatic heterocycles. The van der Waals surface area contributed by atoms with Crippen LogP contribution in [0.25, 0.3) is 49.9 Å². The van der Waals surface area contributed by atoms with Crippen molar-refractivity contribution in [3.8, 4) is 39.6 Å². The Hall–Kier alpha value is -7.46. The summed E-state index contributed by atoms with van der Waals surface area (Å²) in [6.07, 6.45) is 6.14. The van der Waals surface area contributed by atoms with Crippen molar-refractivity contribution in [2.75, 3.05) is 9.80 Å². The minimum Gasteiger partial charge on any atom is -0.509 e. The first-order valence-corrected chi connectivity index (χ1v) is 24.5. The van der Waals surface area contributed by atoms with Crippen LogP contribution in [0.2, 0.25) is 0 Å². The van der Waals surface area contributed by atoms with E-state index in [1.807, 2.05) is 12.3 Å². The summed E-state index contributed by atoms with van der Waals surface area (Å²) < 4.78 is 9.41. The van der Waals surface area contributed by atoms with E-state index in [0.717, 1.165) is 55.7 Å². The Morgan fingerprint density at radius 1 is 0.486 bits per heavy atom. The van der Waals surface area contributed by atoms with Gasteiger partial charge >= 0.3 is 0 Å². The SMILES string of the molecule is CC(C)(C)c1cc(-c2ccccc2)cc(N2C=CN(c3[c-]c(Oc4[c-]c5c(c(C(C)(C)c6ccccc6)c4)c4ccccc4n5-c4cc(C(C)(C)c5ccccc5)ccn4)cc(-c4ccccc4)c3)[CH-]2)c1.[Pt]. The smallest absolute Gasteiger partial charge is 0.135 e. The summed E-state index contributed by atoms with van der Waals surface area (Å²) in [5, 5.41) is 2.24. The summed E-state index contributed by atoms with van der Waals surface area (Å²) in [6.45, 7) is 18.1. The van der Waals surface area contributed by atoms with Gasteiger partial charge in [-0.05, 0) is 97.9 Å². The fourth-order valence-corrected chi connectivity index (χ4v) is 10.0. The second-order valence-electron chi connectivity index (χ2n) is 20.7. The van der Waals surface area contributed by atoms with Crippen molar-refractivity contribution in [3.05, 3.63) is 259 Å². The maximum absolute atomic E-state index is 7.15. The normalized spacial score (nSPS) is 12.9. The number of rotatable bonds is 11. The first-order chi connectivity index (χ1) is 34.3. The molecule has 0 saturated carbocycles. The molecule has 1 aliphatic rings. The molecule has 0 aliphatic carbocycles. The minimum absolute atomic E-state index is 0. The Balaban J connectivity index is 0.00000596. The number of hydrogen-bond donors (Lipinski definition) is 0. The van der Waals surface area contributed by atoms with Crippen LogP contribution >= 0.6 is 0 Å². The summed E-state index contributed by atoms with van der Waals surface area (Å²) in [4.78, 5) is 9.40. The van der Waals surface area contributed by atoms with Gasteiger partial charge in [-0.1, -0.05) is 205 Å². The third-order valence-electron chi connectivity index (χ3n) is 14.3. The van der Waals surface area contributed by atoms with Crippen LogP contribution in [0.5, 0.6) is 11.5 Å². The molecule has 11 rings (SSSR count). The van der Waals surface area contributed by atoms with E-state index in [0.29, 0.717) is 11.5 Å². The molecule has 10 aromatic rings.